The quantitative estimate of drug-likeness (QED) is 0.303. The van der Waals surface area contributed by atoms with Gasteiger partial charge in [-0.1, -0.05) is 51.9 Å². The van der Waals surface area contributed by atoms with Crippen LogP contribution < -0.4 is 0 Å². The Balaban J connectivity index is 2.01. The molecule has 1 aliphatic rings. The predicted octanol–water partition coefficient (Wildman–Crippen LogP) is 5.55. The van der Waals surface area contributed by atoms with Gasteiger partial charge in [-0.15, -0.1) is 0 Å². The van der Waals surface area contributed by atoms with Gasteiger partial charge in [0.15, 0.2) is 0 Å². The molecule has 4 nitrogen and oxygen atoms in total. The highest BCUT2D eigenvalue weighted by Crippen LogP contribution is 2.30. The molecule has 1 rings (SSSR count). The summed E-state index contributed by atoms with van der Waals surface area (Å²) in [5.74, 6) is -0.0975. The minimum atomic E-state index is -0.527. The van der Waals surface area contributed by atoms with Crippen molar-refractivity contribution >= 4 is 5.97 Å². The van der Waals surface area contributed by atoms with Crippen molar-refractivity contribution in [2.24, 2.45) is 0 Å². The van der Waals surface area contributed by atoms with Crippen molar-refractivity contribution in [1.29, 1.82) is 0 Å². The average Bonchev–Trinajstić information content (AvgIpc) is 3.07. The SMILES string of the molecule is CCCCCC(C)(O)CCC1CCC(CCCCCCCC(=O)OC)O1. The molecule has 3 unspecified atom stereocenters. The molecule has 1 saturated heterocycles. The molecule has 3 atom stereocenters. The first-order valence-corrected chi connectivity index (χ1v) is 10.9. The fourth-order valence-corrected chi connectivity index (χ4v) is 3.83. The highest BCUT2D eigenvalue weighted by atomic mass is 16.5. The van der Waals surface area contributed by atoms with E-state index in [-0.39, 0.29) is 5.97 Å². The Morgan fingerprint density at radius 1 is 1.00 bits per heavy atom. The monoisotopic (exact) mass is 370 g/mol. The van der Waals surface area contributed by atoms with E-state index in [9.17, 15) is 9.90 Å². The fourth-order valence-electron chi connectivity index (χ4n) is 3.83. The minimum Gasteiger partial charge on any atom is -0.469 e. The minimum absolute atomic E-state index is 0.0975. The Hall–Kier alpha value is -0.610. The molecule has 1 heterocycles. The second-order valence-electron chi connectivity index (χ2n) is 8.33. The Kier molecular flexibility index (Phi) is 12.2. The van der Waals surface area contributed by atoms with Crippen molar-refractivity contribution in [2.75, 3.05) is 7.11 Å². The van der Waals surface area contributed by atoms with Crippen molar-refractivity contribution in [2.45, 2.75) is 128 Å². The van der Waals surface area contributed by atoms with Gasteiger partial charge in [0.2, 0.25) is 0 Å². The van der Waals surface area contributed by atoms with Crippen molar-refractivity contribution in [1.82, 2.24) is 0 Å². The standard InChI is InChI=1S/C22H42O4/c1-4-5-11-17-22(2,24)18-16-20-15-14-19(26-20)12-9-7-6-8-10-13-21(23)25-3/h19-20,24H,4-18H2,1-3H3. The van der Waals surface area contributed by atoms with E-state index in [1.165, 1.54) is 45.6 Å². The summed E-state index contributed by atoms with van der Waals surface area (Å²) >= 11 is 0. The lowest BCUT2D eigenvalue weighted by Gasteiger charge is -2.25. The van der Waals surface area contributed by atoms with E-state index in [0.717, 1.165) is 51.4 Å². The van der Waals surface area contributed by atoms with Gasteiger partial charge in [-0.25, -0.2) is 0 Å². The summed E-state index contributed by atoms with van der Waals surface area (Å²) in [7, 11) is 1.45. The van der Waals surface area contributed by atoms with E-state index in [2.05, 4.69) is 11.7 Å². The van der Waals surface area contributed by atoms with Crippen molar-refractivity contribution < 1.29 is 19.4 Å². The molecular formula is C22H42O4. The lowest BCUT2D eigenvalue weighted by Crippen LogP contribution is -2.26. The lowest BCUT2D eigenvalue weighted by molar-refractivity contribution is -0.140. The van der Waals surface area contributed by atoms with Crippen LogP contribution in [0.5, 0.6) is 0 Å². The summed E-state index contributed by atoms with van der Waals surface area (Å²) in [6, 6.07) is 0. The summed E-state index contributed by atoms with van der Waals surface area (Å²) in [5.41, 5.74) is -0.527. The van der Waals surface area contributed by atoms with Crippen LogP contribution in [0.4, 0.5) is 0 Å². The maximum atomic E-state index is 11.0. The van der Waals surface area contributed by atoms with Crippen LogP contribution in [-0.2, 0) is 14.3 Å². The molecule has 0 aromatic carbocycles. The zero-order chi connectivity index (χ0) is 19.3. The van der Waals surface area contributed by atoms with Gasteiger partial charge in [0, 0.05) is 6.42 Å². The normalized spacial score (nSPS) is 22.3. The van der Waals surface area contributed by atoms with Crippen LogP contribution in [-0.4, -0.2) is 36.0 Å². The van der Waals surface area contributed by atoms with Gasteiger partial charge >= 0.3 is 5.97 Å². The highest BCUT2D eigenvalue weighted by molar-refractivity contribution is 5.68. The van der Waals surface area contributed by atoms with Crippen LogP contribution in [0.3, 0.4) is 0 Å². The van der Waals surface area contributed by atoms with Crippen LogP contribution in [0.1, 0.15) is 110 Å². The first-order valence-electron chi connectivity index (χ1n) is 10.9. The molecule has 0 radical (unpaired) electrons. The molecule has 1 fully saturated rings. The maximum Gasteiger partial charge on any atom is 0.305 e. The number of unbranched alkanes of at least 4 members (excludes halogenated alkanes) is 6. The molecule has 1 aliphatic heterocycles. The molecule has 0 bridgehead atoms. The summed E-state index contributed by atoms with van der Waals surface area (Å²) < 4.78 is 10.8. The first-order chi connectivity index (χ1) is 12.5. The number of aliphatic hydroxyl groups is 1. The fraction of sp³-hybridized carbons (Fsp3) is 0.955. The third kappa shape index (κ3) is 11.2. The number of hydrogen-bond donors (Lipinski definition) is 1. The molecule has 0 spiro atoms. The number of esters is 1. The largest absolute Gasteiger partial charge is 0.469 e. The Morgan fingerprint density at radius 2 is 1.65 bits per heavy atom. The summed E-state index contributed by atoms with van der Waals surface area (Å²) in [6.45, 7) is 4.18. The third-order valence-corrected chi connectivity index (χ3v) is 5.65. The summed E-state index contributed by atoms with van der Waals surface area (Å²) in [5, 5.41) is 10.5. The molecule has 0 aromatic heterocycles. The van der Waals surface area contributed by atoms with Crippen LogP contribution in [0, 0.1) is 0 Å². The Bertz CT molecular complexity index is 367. The number of methoxy groups -OCH3 is 1. The van der Waals surface area contributed by atoms with Gasteiger partial charge in [0.25, 0.3) is 0 Å². The van der Waals surface area contributed by atoms with E-state index < -0.39 is 5.60 Å². The molecule has 0 saturated carbocycles. The van der Waals surface area contributed by atoms with Gasteiger partial charge in [-0.2, -0.15) is 0 Å². The number of ether oxygens (including phenoxy) is 2. The number of hydrogen-bond acceptors (Lipinski definition) is 4. The summed E-state index contributed by atoms with van der Waals surface area (Å²) in [6.07, 6.45) is 16.7. The molecule has 0 aliphatic carbocycles. The first kappa shape index (κ1) is 23.4. The van der Waals surface area contributed by atoms with Gasteiger partial charge in [-0.05, 0) is 51.9 Å². The van der Waals surface area contributed by atoms with E-state index >= 15 is 0 Å². The molecule has 154 valence electrons. The zero-order valence-electron chi connectivity index (χ0n) is 17.4. The summed E-state index contributed by atoms with van der Waals surface area (Å²) in [4.78, 5) is 11.0. The predicted molar refractivity (Wildman–Crippen MR) is 106 cm³/mol. The van der Waals surface area contributed by atoms with E-state index in [1.807, 2.05) is 6.92 Å². The molecule has 4 heteroatoms. The van der Waals surface area contributed by atoms with Crippen LogP contribution in [0.25, 0.3) is 0 Å². The van der Waals surface area contributed by atoms with E-state index in [0.29, 0.717) is 18.6 Å². The molecule has 26 heavy (non-hydrogen) atoms. The lowest BCUT2D eigenvalue weighted by atomic mass is 9.91. The van der Waals surface area contributed by atoms with Gasteiger partial charge < -0.3 is 14.6 Å². The molecule has 0 amide bonds. The molecule has 1 N–H and O–H groups in total. The number of carbonyl (C=O) groups excluding carboxylic acids is 1. The zero-order valence-corrected chi connectivity index (χ0v) is 17.4. The van der Waals surface area contributed by atoms with Crippen LogP contribution in [0.15, 0.2) is 0 Å². The maximum absolute atomic E-state index is 11.0. The van der Waals surface area contributed by atoms with E-state index in [1.54, 1.807) is 0 Å². The third-order valence-electron chi connectivity index (χ3n) is 5.65. The second kappa shape index (κ2) is 13.5. The Morgan fingerprint density at radius 3 is 2.35 bits per heavy atom. The van der Waals surface area contributed by atoms with Gasteiger partial charge in [-0.3, -0.25) is 4.79 Å². The second-order valence-corrected chi connectivity index (χ2v) is 8.33. The van der Waals surface area contributed by atoms with Gasteiger partial charge in [0.05, 0.1) is 24.9 Å². The van der Waals surface area contributed by atoms with Crippen molar-refractivity contribution in [3.8, 4) is 0 Å². The van der Waals surface area contributed by atoms with Crippen molar-refractivity contribution in [3.63, 3.8) is 0 Å². The molecular weight excluding hydrogens is 328 g/mol. The Labute approximate surface area is 161 Å². The average molecular weight is 371 g/mol. The van der Waals surface area contributed by atoms with Crippen molar-refractivity contribution in [3.05, 3.63) is 0 Å². The highest BCUT2D eigenvalue weighted by Gasteiger charge is 2.28. The number of carbonyl (C=O) groups is 1. The smallest absolute Gasteiger partial charge is 0.305 e. The number of rotatable bonds is 15. The molecule has 0 aromatic rings. The van der Waals surface area contributed by atoms with Crippen LogP contribution >= 0.6 is 0 Å². The van der Waals surface area contributed by atoms with E-state index in [4.69, 9.17) is 4.74 Å². The van der Waals surface area contributed by atoms with Gasteiger partial charge in [0.1, 0.15) is 0 Å². The topological polar surface area (TPSA) is 55.8 Å². The van der Waals surface area contributed by atoms with Crippen LogP contribution in [0.2, 0.25) is 0 Å².